The van der Waals surface area contributed by atoms with Gasteiger partial charge in [-0.15, -0.1) is 0 Å². The van der Waals surface area contributed by atoms with E-state index >= 15 is 0 Å². The molecule has 4 nitrogen and oxygen atoms in total. The lowest BCUT2D eigenvalue weighted by atomic mass is 9.52. The summed E-state index contributed by atoms with van der Waals surface area (Å²) in [6.45, 7) is 13.5. The molecule has 0 aromatic rings. The molecule has 0 aliphatic heterocycles. The highest BCUT2D eigenvalue weighted by Gasteiger charge is 2.51. The number of ether oxygens (including phenoxy) is 2. The summed E-state index contributed by atoms with van der Waals surface area (Å²) < 4.78 is 11.4. The van der Waals surface area contributed by atoms with Crippen molar-refractivity contribution in [1.29, 1.82) is 0 Å². The Labute approximate surface area is 192 Å². The molecule has 0 saturated heterocycles. The second-order valence-corrected chi connectivity index (χ2v) is 11.2. The van der Waals surface area contributed by atoms with E-state index in [-0.39, 0.29) is 22.5 Å². The number of rotatable bonds is 6. The van der Waals surface area contributed by atoms with Crippen LogP contribution in [0.2, 0.25) is 0 Å². The summed E-state index contributed by atoms with van der Waals surface area (Å²) in [6.07, 6.45) is 9.70. The van der Waals surface area contributed by atoms with E-state index in [1.165, 1.54) is 0 Å². The molecule has 30 heavy (non-hydrogen) atoms. The van der Waals surface area contributed by atoms with Crippen LogP contribution in [0.25, 0.3) is 0 Å². The average molecular weight is 460 g/mol. The third kappa shape index (κ3) is 5.75. The molecule has 0 aromatic heterocycles. The minimum absolute atomic E-state index is 0.00863. The lowest BCUT2D eigenvalue weighted by molar-refractivity contribution is -0.0839. The van der Waals surface area contributed by atoms with E-state index in [9.17, 15) is 4.79 Å². The Bertz CT molecular complexity index is 687. The SMILES string of the molecule is CCN(CCC1(C2(C)C=C(Cl)C(Cl)=CC2)CCC(C)(OC)CC1)C(=O)OC(C)(C)C. The molecule has 0 N–H and O–H groups in total. The maximum absolute atomic E-state index is 12.7. The van der Waals surface area contributed by atoms with Gasteiger partial charge in [0.05, 0.1) is 15.7 Å². The Hall–Kier alpha value is -0.710. The topological polar surface area (TPSA) is 38.8 Å². The number of carbonyl (C=O) groups is 1. The molecule has 1 saturated carbocycles. The number of carbonyl (C=O) groups excluding carboxylic acids is 1. The Kier molecular flexibility index (Phi) is 8.02. The van der Waals surface area contributed by atoms with Gasteiger partial charge in [0.25, 0.3) is 0 Å². The fourth-order valence-corrected chi connectivity index (χ4v) is 5.25. The van der Waals surface area contributed by atoms with Crippen molar-refractivity contribution in [2.75, 3.05) is 20.2 Å². The van der Waals surface area contributed by atoms with Gasteiger partial charge in [-0.05, 0) is 84.0 Å². The molecule has 2 aliphatic rings. The van der Waals surface area contributed by atoms with Gasteiger partial charge < -0.3 is 14.4 Å². The molecule has 0 heterocycles. The molecule has 0 spiro atoms. The van der Waals surface area contributed by atoms with Crippen LogP contribution in [0.1, 0.15) is 80.1 Å². The van der Waals surface area contributed by atoms with E-state index < -0.39 is 5.60 Å². The minimum Gasteiger partial charge on any atom is -0.444 e. The van der Waals surface area contributed by atoms with Crippen molar-refractivity contribution < 1.29 is 14.3 Å². The maximum Gasteiger partial charge on any atom is 0.410 e. The number of amides is 1. The first-order valence-corrected chi connectivity index (χ1v) is 11.8. The summed E-state index contributed by atoms with van der Waals surface area (Å²) in [5.74, 6) is 0. The van der Waals surface area contributed by atoms with Crippen molar-refractivity contribution in [3.8, 4) is 0 Å². The monoisotopic (exact) mass is 459 g/mol. The van der Waals surface area contributed by atoms with Crippen LogP contribution in [0.4, 0.5) is 4.79 Å². The van der Waals surface area contributed by atoms with E-state index in [4.69, 9.17) is 32.7 Å². The molecule has 1 unspecified atom stereocenters. The molecule has 2 rings (SSSR count). The zero-order valence-electron chi connectivity index (χ0n) is 19.7. The number of allylic oxidation sites excluding steroid dienone is 4. The van der Waals surface area contributed by atoms with Gasteiger partial charge in [0.2, 0.25) is 0 Å². The smallest absolute Gasteiger partial charge is 0.410 e. The van der Waals surface area contributed by atoms with Gasteiger partial charge >= 0.3 is 6.09 Å². The molecule has 6 heteroatoms. The Morgan fingerprint density at radius 3 is 2.20 bits per heavy atom. The van der Waals surface area contributed by atoms with Gasteiger partial charge in [-0.1, -0.05) is 42.3 Å². The van der Waals surface area contributed by atoms with Gasteiger partial charge in [-0.25, -0.2) is 4.79 Å². The maximum atomic E-state index is 12.7. The van der Waals surface area contributed by atoms with Crippen LogP contribution in [0, 0.1) is 10.8 Å². The van der Waals surface area contributed by atoms with Crippen LogP contribution in [0.15, 0.2) is 22.2 Å². The number of halogens is 2. The van der Waals surface area contributed by atoms with Gasteiger partial charge in [-0.2, -0.15) is 0 Å². The molecular formula is C24H39Cl2NO3. The lowest BCUT2D eigenvalue weighted by Gasteiger charge is -2.54. The quantitative estimate of drug-likeness (QED) is 0.419. The standard InChI is InChI=1S/C24H39Cl2NO3/c1-8-27(20(28)30-21(2,3)4)16-15-24(13-11-23(6,29-7)12-14-24)22(5)10-9-18(25)19(26)17-22/h9,17H,8,10-16H2,1-7H3. The van der Waals surface area contributed by atoms with Crippen molar-refractivity contribution in [3.63, 3.8) is 0 Å². The van der Waals surface area contributed by atoms with E-state index in [0.29, 0.717) is 23.2 Å². The molecular weight excluding hydrogens is 421 g/mol. The zero-order chi connectivity index (χ0) is 22.8. The third-order valence-electron chi connectivity index (χ3n) is 7.24. The van der Waals surface area contributed by atoms with Crippen LogP contribution in [0.3, 0.4) is 0 Å². The van der Waals surface area contributed by atoms with Gasteiger partial charge in [-0.3, -0.25) is 0 Å². The van der Waals surface area contributed by atoms with Crippen molar-refractivity contribution in [2.24, 2.45) is 10.8 Å². The van der Waals surface area contributed by atoms with Gasteiger partial charge in [0.15, 0.2) is 0 Å². The van der Waals surface area contributed by atoms with Crippen LogP contribution < -0.4 is 0 Å². The molecule has 0 aromatic carbocycles. The summed E-state index contributed by atoms with van der Waals surface area (Å²) in [5, 5.41) is 1.26. The summed E-state index contributed by atoms with van der Waals surface area (Å²) in [6, 6.07) is 0. The Balaban J connectivity index is 2.26. The van der Waals surface area contributed by atoms with Gasteiger partial charge in [0, 0.05) is 20.2 Å². The molecule has 1 amide bonds. The molecule has 2 aliphatic carbocycles. The van der Waals surface area contributed by atoms with Crippen molar-refractivity contribution in [2.45, 2.75) is 91.3 Å². The number of methoxy groups -OCH3 is 1. The van der Waals surface area contributed by atoms with E-state index in [1.807, 2.05) is 38.7 Å². The second-order valence-electron chi connectivity index (χ2n) is 10.4. The fourth-order valence-electron chi connectivity index (χ4n) is 4.80. The molecule has 0 radical (unpaired) electrons. The predicted octanol–water partition coefficient (Wildman–Crippen LogP) is 7.25. The number of nitrogens with zero attached hydrogens (tertiary/aromatic N) is 1. The second kappa shape index (κ2) is 9.42. The third-order valence-corrected chi connectivity index (χ3v) is 8.01. The van der Waals surface area contributed by atoms with Gasteiger partial charge in [0.1, 0.15) is 5.60 Å². The first-order valence-electron chi connectivity index (χ1n) is 11.1. The normalized spacial score (nSPS) is 32.3. The summed E-state index contributed by atoms with van der Waals surface area (Å²) in [5.41, 5.74) is -0.703. The largest absolute Gasteiger partial charge is 0.444 e. The average Bonchev–Trinajstić information content (AvgIpc) is 2.66. The van der Waals surface area contributed by atoms with E-state index in [1.54, 1.807) is 7.11 Å². The molecule has 1 atom stereocenters. The fraction of sp³-hybridized carbons (Fsp3) is 0.792. The van der Waals surface area contributed by atoms with Crippen molar-refractivity contribution >= 4 is 29.3 Å². The van der Waals surface area contributed by atoms with Crippen LogP contribution in [-0.2, 0) is 9.47 Å². The van der Waals surface area contributed by atoms with Crippen molar-refractivity contribution in [3.05, 3.63) is 22.2 Å². The first-order chi connectivity index (χ1) is 13.8. The Morgan fingerprint density at radius 2 is 1.73 bits per heavy atom. The lowest BCUT2D eigenvalue weighted by Crippen LogP contribution is -2.49. The summed E-state index contributed by atoms with van der Waals surface area (Å²) in [7, 11) is 1.80. The van der Waals surface area contributed by atoms with Crippen molar-refractivity contribution in [1.82, 2.24) is 4.90 Å². The van der Waals surface area contributed by atoms with Crippen LogP contribution >= 0.6 is 23.2 Å². The summed E-state index contributed by atoms with van der Waals surface area (Å²) in [4.78, 5) is 14.5. The minimum atomic E-state index is -0.500. The Morgan fingerprint density at radius 1 is 1.13 bits per heavy atom. The summed E-state index contributed by atoms with van der Waals surface area (Å²) >= 11 is 12.8. The van der Waals surface area contributed by atoms with Crippen LogP contribution in [-0.4, -0.2) is 42.4 Å². The zero-order valence-corrected chi connectivity index (χ0v) is 21.3. The molecule has 172 valence electrons. The molecule has 1 fully saturated rings. The first kappa shape index (κ1) is 25.5. The highest BCUT2D eigenvalue weighted by molar-refractivity contribution is 6.44. The van der Waals surface area contributed by atoms with Crippen LogP contribution in [0.5, 0.6) is 0 Å². The van der Waals surface area contributed by atoms with E-state index in [0.717, 1.165) is 38.5 Å². The number of hydrogen-bond acceptors (Lipinski definition) is 3. The van der Waals surface area contributed by atoms with E-state index in [2.05, 4.69) is 19.9 Å². The molecule has 0 bridgehead atoms. The highest BCUT2D eigenvalue weighted by atomic mass is 35.5. The highest BCUT2D eigenvalue weighted by Crippen LogP contribution is 2.59. The predicted molar refractivity (Wildman–Crippen MR) is 125 cm³/mol. The number of hydrogen-bond donors (Lipinski definition) is 0.